The van der Waals surface area contributed by atoms with Crippen molar-refractivity contribution in [2.45, 2.75) is 25.8 Å². The molecule has 4 heteroatoms. The highest BCUT2D eigenvalue weighted by atomic mass is 16.3. The lowest BCUT2D eigenvalue weighted by Gasteiger charge is -2.22. The van der Waals surface area contributed by atoms with Gasteiger partial charge in [-0.1, -0.05) is 24.3 Å². The Hall–Kier alpha value is -2.49. The molecule has 0 saturated heterocycles. The first kappa shape index (κ1) is 13.5. The van der Waals surface area contributed by atoms with Crippen LogP contribution in [-0.4, -0.2) is 22.2 Å². The monoisotopic (exact) mass is 283 g/mol. The Labute approximate surface area is 123 Å². The third kappa shape index (κ3) is 2.44. The van der Waals surface area contributed by atoms with Crippen LogP contribution in [0.1, 0.15) is 18.1 Å². The molecule has 2 aromatic rings. The summed E-state index contributed by atoms with van der Waals surface area (Å²) in [5.41, 5.74) is 2.84. The van der Waals surface area contributed by atoms with Gasteiger partial charge in [0.25, 0.3) is 0 Å². The molecule has 2 aromatic carbocycles. The summed E-state index contributed by atoms with van der Waals surface area (Å²) >= 11 is 0. The maximum absolute atomic E-state index is 12.6. The third-order valence-electron chi connectivity index (χ3n) is 3.87. The van der Waals surface area contributed by atoms with Crippen LogP contribution >= 0.6 is 0 Å². The van der Waals surface area contributed by atoms with Gasteiger partial charge in [-0.25, -0.2) is 0 Å². The number of amides is 1. The van der Waals surface area contributed by atoms with Crippen molar-refractivity contribution < 1.29 is 15.0 Å². The Balaban J connectivity index is 1.84. The molecule has 0 fully saturated rings. The first-order valence-electron chi connectivity index (χ1n) is 6.97. The summed E-state index contributed by atoms with van der Waals surface area (Å²) in [6.07, 6.45) is 1.06. The Bertz CT molecular complexity index is 696. The lowest BCUT2D eigenvalue weighted by Crippen LogP contribution is -2.36. The van der Waals surface area contributed by atoms with E-state index in [0.717, 1.165) is 12.1 Å². The van der Waals surface area contributed by atoms with E-state index >= 15 is 0 Å². The first-order chi connectivity index (χ1) is 10.1. The molecule has 4 nitrogen and oxygen atoms in total. The number of carbonyl (C=O) groups excluding carboxylic acids is 1. The summed E-state index contributed by atoms with van der Waals surface area (Å²) < 4.78 is 0. The normalized spacial score (nSPS) is 16.8. The second kappa shape index (κ2) is 5.13. The highest BCUT2D eigenvalue weighted by Crippen LogP contribution is 2.32. The molecule has 1 atom stereocenters. The van der Waals surface area contributed by atoms with Gasteiger partial charge in [-0.3, -0.25) is 4.79 Å². The molecule has 0 saturated carbocycles. The van der Waals surface area contributed by atoms with Gasteiger partial charge in [-0.15, -0.1) is 0 Å². The van der Waals surface area contributed by atoms with E-state index in [9.17, 15) is 15.0 Å². The predicted molar refractivity (Wildman–Crippen MR) is 80.6 cm³/mol. The van der Waals surface area contributed by atoms with E-state index in [-0.39, 0.29) is 29.9 Å². The molecular weight excluding hydrogens is 266 g/mol. The van der Waals surface area contributed by atoms with Crippen LogP contribution in [0.4, 0.5) is 5.69 Å². The van der Waals surface area contributed by atoms with Crippen molar-refractivity contribution in [3.05, 3.63) is 53.6 Å². The SMILES string of the molecule is CC1Cc2ccccc2N1C(=O)Cc1ccc(O)c(O)c1. The van der Waals surface area contributed by atoms with E-state index < -0.39 is 0 Å². The number of benzene rings is 2. The minimum absolute atomic E-state index is 0.00228. The average molecular weight is 283 g/mol. The number of aromatic hydroxyl groups is 2. The number of hydrogen-bond acceptors (Lipinski definition) is 3. The maximum atomic E-state index is 12.6. The largest absolute Gasteiger partial charge is 0.504 e. The van der Waals surface area contributed by atoms with Crippen LogP contribution in [0.15, 0.2) is 42.5 Å². The van der Waals surface area contributed by atoms with Crippen molar-refractivity contribution in [2.24, 2.45) is 0 Å². The summed E-state index contributed by atoms with van der Waals surface area (Å²) in [7, 11) is 0. The maximum Gasteiger partial charge on any atom is 0.231 e. The number of hydrogen-bond donors (Lipinski definition) is 2. The number of phenolic OH excluding ortho intramolecular Hbond substituents is 2. The molecule has 0 radical (unpaired) electrons. The van der Waals surface area contributed by atoms with Gasteiger partial charge in [0, 0.05) is 11.7 Å². The molecule has 2 N–H and O–H groups in total. The second-order valence-corrected chi connectivity index (χ2v) is 5.45. The average Bonchev–Trinajstić information content (AvgIpc) is 2.78. The lowest BCUT2D eigenvalue weighted by molar-refractivity contribution is -0.118. The van der Waals surface area contributed by atoms with Gasteiger partial charge < -0.3 is 15.1 Å². The van der Waals surface area contributed by atoms with E-state index in [1.54, 1.807) is 6.07 Å². The van der Waals surface area contributed by atoms with Crippen LogP contribution in [-0.2, 0) is 17.6 Å². The number of phenols is 2. The number of rotatable bonds is 2. The predicted octanol–water partition coefficient (Wildman–Crippen LogP) is 2.62. The molecule has 0 aromatic heterocycles. The summed E-state index contributed by atoms with van der Waals surface area (Å²) in [6, 6.07) is 12.6. The highest BCUT2D eigenvalue weighted by molar-refractivity contribution is 5.97. The van der Waals surface area contributed by atoms with E-state index in [1.165, 1.54) is 17.7 Å². The van der Waals surface area contributed by atoms with Crippen LogP contribution in [0.25, 0.3) is 0 Å². The van der Waals surface area contributed by atoms with Gasteiger partial charge in [0.05, 0.1) is 6.42 Å². The molecular formula is C17H17NO3. The van der Waals surface area contributed by atoms with Gasteiger partial charge in [-0.05, 0) is 42.7 Å². The van der Waals surface area contributed by atoms with E-state index in [4.69, 9.17) is 0 Å². The van der Waals surface area contributed by atoms with E-state index in [0.29, 0.717) is 5.56 Å². The number of fused-ring (bicyclic) bond motifs is 1. The molecule has 1 amide bonds. The zero-order valence-corrected chi connectivity index (χ0v) is 11.8. The van der Waals surface area contributed by atoms with Gasteiger partial charge >= 0.3 is 0 Å². The fourth-order valence-electron chi connectivity index (χ4n) is 2.88. The molecule has 0 aliphatic carbocycles. The summed E-state index contributed by atoms with van der Waals surface area (Å²) in [5, 5.41) is 18.8. The van der Waals surface area contributed by atoms with Crippen molar-refractivity contribution in [1.82, 2.24) is 0 Å². The number of para-hydroxylation sites is 1. The number of nitrogens with zero attached hydrogens (tertiary/aromatic N) is 1. The number of anilines is 1. The molecule has 0 spiro atoms. The van der Waals surface area contributed by atoms with Crippen molar-refractivity contribution >= 4 is 11.6 Å². The Morgan fingerprint density at radius 2 is 1.95 bits per heavy atom. The van der Waals surface area contributed by atoms with Crippen molar-refractivity contribution in [3.63, 3.8) is 0 Å². The van der Waals surface area contributed by atoms with E-state index in [2.05, 4.69) is 0 Å². The molecule has 1 unspecified atom stereocenters. The summed E-state index contributed by atoms with van der Waals surface area (Å²) in [6.45, 7) is 2.03. The molecule has 1 heterocycles. The van der Waals surface area contributed by atoms with Gasteiger partial charge in [0.15, 0.2) is 11.5 Å². The van der Waals surface area contributed by atoms with Gasteiger partial charge in [0.2, 0.25) is 5.91 Å². The van der Waals surface area contributed by atoms with Gasteiger partial charge in [-0.2, -0.15) is 0 Å². The molecule has 1 aliphatic rings. The molecule has 21 heavy (non-hydrogen) atoms. The smallest absolute Gasteiger partial charge is 0.231 e. The lowest BCUT2D eigenvalue weighted by atomic mass is 10.1. The summed E-state index contributed by atoms with van der Waals surface area (Å²) in [4.78, 5) is 14.4. The van der Waals surface area contributed by atoms with Crippen molar-refractivity contribution in [1.29, 1.82) is 0 Å². The molecule has 3 rings (SSSR count). The van der Waals surface area contributed by atoms with Crippen LogP contribution < -0.4 is 4.90 Å². The van der Waals surface area contributed by atoms with E-state index in [1.807, 2.05) is 36.1 Å². The standard InChI is InChI=1S/C17H17NO3/c1-11-8-13-4-2-3-5-14(13)18(11)17(21)10-12-6-7-15(19)16(20)9-12/h2-7,9,11,19-20H,8,10H2,1H3. The van der Waals surface area contributed by atoms with Crippen LogP contribution in [0.2, 0.25) is 0 Å². The Morgan fingerprint density at radius 3 is 2.71 bits per heavy atom. The Kier molecular flexibility index (Phi) is 3.29. The van der Waals surface area contributed by atoms with Crippen molar-refractivity contribution in [2.75, 3.05) is 4.90 Å². The third-order valence-corrected chi connectivity index (χ3v) is 3.87. The summed E-state index contributed by atoms with van der Waals surface area (Å²) in [5.74, 6) is -0.376. The minimum Gasteiger partial charge on any atom is -0.504 e. The zero-order chi connectivity index (χ0) is 15.0. The number of carbonyl (C=O) groups is 1. The first-order valence-corrected chi connectivity index (χ1v) is 6.97. The zero-order valence-electron chi connectivity index (χ0n) is 11.8. The molecule has 0 bridgehead atoms. The second-order valence-electron chi connectivity index (χ2n) is 5.45. The fraction of sp³-hybridized carbons (Fsp3) is 0.235. The fourth-order valence-corrected chi connectivity index (χ4v) is 2.88. The van der Waals surface area contributed by atoms with Crippen LogP contribution in [0.3, 0.4) is 0 Å². The minimum atomic E-state index is -0.199. The molecule has 108 valence electrons. The van der Waals surface area contributed by atoms with Gasteiger partial charge in [0.1, 0.15) is 0 Å². The topological polar surface area (TPSA) is 60.8 Å². The highest BCUT2D eigenvalue weighted by Gasteiger charge is 2.30. The Morgan fingerprint density at radius 1 is 1.19 bits per heavy atom. The van der Waals surface area contributed by atoms with Crippen LogP contribution in [0, 0.1) is 0 Å². The quantitative estimate of drug-likeness (QED) is 0.833. The molecule has 1 aliphatic heterocycles. The van der Waals surface area contributed by atoms with Crippen LogP contribution in [0.5, 0.6) is 11.5 Å². The van der Waals surface area contributed by atoms with Crippen molar-refractivity contribution in [3.8, 4) is 11.5 Å².